The summed E-state index contributed by atoms with van der Waals surface area (Å²) in [4.78, 5) is 18.2. The molecule has 0 unspecified atom stereocenters. The molecular formula is C25H24Cl2N2O3. The van der Waals surface area contributed by atoms with E-state index in [9.17, 15) is 4.79 Å². The number of ether oxygens (including phenoxy) is 2. The summed E-state index contributed by atoms with van der Waals surface area (Å²) >= 11 is 12.0. The molecule has 1 N–H and O–H groups in total. The Kier molecular flexibility index (Phi) is 7.14. The molecule has 1 aliphatic heterocycles. The molecule has 32 heavy (non-hydrogen) atoms. The average Bonchev–Trinajstić information content (AvgIpc) is 3.17. The number of aromatic amines is 1. The van der Waals surface area contributed by atoms with Crippen molar-refractivity contribution in [3.63, 3.8) is 0 Å². The van der Waals surface area contributed by atoms with Crippen molar-refractivity contribution in [2.24, 2.45) is 0 Å². The van der Waals surface area contributed by atoms with Crippen LogP contribution in [0.15, 0.2) is 42.5 Å². The summed E-state index contributed by atoms with van der Waals surface area (Å²) in [6.07, 6.45) is 1.11. The van der Waals surface area contributed by atoms with Crippen LogP contribution >= 0.6 is 23.2 Å². The van der Waals surface area contributed by atoms with Crippen LogP contribution in [-0.4, -0.2) is 41.6 Å². The Morgan fingerprint density at radius 2 is 2.06 bits per heavy atom. The molecule has 7 heteroatoms. The van der Waals surface area contributed by atoms with Gasteiger partial charge in [0, 0.05) is 34.0 Å². The third-order valence-electron chi connectivity index (χ3n) is 5.51. The number of nitrogens with zero attached hydrogens (tertiary/aromatic N) is 1. The number of halogens is 2. The number of alkyl halides is 1. The molecule has 1 amide bonds. The van der Waals surface area contributed by atoms with Crippen molar-refractivity contribution < 1.29 is 14.3 Å². The summed E-state index contributed by atoms with van der Waals surface area (Å²) in [5.74, 6) is 6.86. The number of hydrogen-bond donors (Lipinski definition) is 1. The second-order valence-corrected chi connectivity index (χ2v) is 8.31. The largest absolute Gasteiger partial charge is 0.494 e. The van der Waals surface area contributed by atoms with E-state index in [1.807, 2.05) is 42.5 Å². The molecule has 3 aromatic rings. The van der Waals surface area contributed by atoms with Gasteiger partial charge >= 0.3 is 6.09 Å². The molecule has 0 spiro atoms. The van der Waals surface area contributed by atoms with E-state index in [1.54, 1.807) is 11.8 Å². The molecule has 4 rings (SSSR count). The molecule has 0 saturated heterocycles. The van der Waals surface area contributed by atoms with Gasteiger partial charge in [0.05, 0.1) is 6.61 Å². The lowest BCUT2D eigenvalue weighted by molar-refractivity contribution is 0.0993. The second kappa shape index (κ2) is 10.2. The first-order valence-corrected chi connectivity index (χ1v) is 11.5. The number of H-pyrrole nitrogens is 1. The lowest BCUT2D eigenvalue weighted by atomic mass is 9.92. The topological polar surface area (TPSA) is 54.6 Å². The normalized spacial score (nSPS) is 15.1. The van der Waals surface area contributed by atoms with Crippen molar-refractivity contribution in [2.75, 3.05) is 25.6 Å². The molecule has 0 radical (unpaired) electrons. The number of nitrogens with one attached hydrogen (secondary N) is 1. The van der Waals surface area contributed by atoms with Gasteiger partial charge in [-0.25, -0.2) is 4.79 Å². The molecule has 1 atom stereocenters. The Hall–Kier alpha value is -2.81. The number of aromatic nitrogens is 1. The van der Waals surface area contributed by atoms with Gasteiger partial charge in [-0.2, -0.15) is 0 Å². The molecule has 166 valence electrons. The zero-order valence-electron chi connectivity index (χ0n) is 17.8. The van der Waals surface area contributed by atoms with Crippen molar-refractivity contribution >= 4 is 40.2 Å². The Morgan fingerprint density at radius 1 is 1.25 bits per heavy atom. The summed E-state index contributed by atoms with van der Waals surface area (Å²) < 4.78 is 11.1. The predicted molar refractivity (Wildman–Crippen MR) is 128 cm³/mol. The molecule has 1 aromatic heterocycles. The van der Waals surface area contributed by atoms with E-state index >= 15 is 0 Å². The average molecular weight is 471 g/mol. The number of fused-ring (bicyclic) bond motifs is 3. The Morgan fingerprint density at radius 3 is 2.81 bits per heavy atom. The second-order valence-electron chi connectivity index (χ2n) is 7.49. The van der Waals surface area contributed by atoms with E-state index in [2.05, 4.69) is 16.8 Å². The molecule has 0 bridgehead atoms. The Labute approximate surface area is 197 Å². The lowest BCUT2D eigenvalue weighted by Crippen LogP contribution is -2.41. The predicted octanol–water partition coefficient (Wildman–Crippen LogP) is 5.94. The van der Waals surface area contributed by atoms with Crippen LogP contribution in [0.2, 0.25) is 5.02 Å². The van der Waals surface area contributed by atoms with E-state index in [0.717, 1.165) is 34.3 Å². The van der Waals surface area contributed by atoms with Gasteiger partial charge in [-0.1, -0.05) is 29.7 Å². The Bertz CT molecular complexity index is 1160. The molecule has 0 aliphatic carbocycles. The number of carbonyl (C=O) groups excluding carboxylic acids is 1. The van der Waals surface area contributed by atoms with Crippen LogP contribution in [0.25, 0.3) is 10.9 Å². The van der Waals surface area contributed by atoms with E-state index < -0.39 is 0 Å². The maximum absolute atomic E-state index is 12.9. The fraction of sp³-hybridized carbons (Fsp3) is 0.320. The summed E-state index contributed by atoms with van der Waals surface area (Å²) in [5, 5.41) is 1.78. The fourth-order valence-corrected chi connectivity index (χ4v) is 4.33. The molecule has 2 heterocycles. The summed E-state index contributed by atoms with van der Waals surface area (Å²) in [6, 6.07) is 13.3. The third-order valence-corrected chi connectivity index (χ3v) is 6.01. The van der Waals surface area contributed by atoms with Gasteiger partial charge in [0.2, 0.25) is 0 Å². The van der Waals surface area contributed by atoms with Gasteiger partial charge in [-0.15, -0.1) is 17.5 Å². The quantitative estimate of drug-likeness (QED) is 0.275. The lowest BCUT2D eigenvalue weighted by Gasteiger charge is -2.35. The van der Waals surface area contributed by atoms with Gasteiger partial charge in [-0.3, -0.25) is 4.90 Å². The molecule has 0 saturated carbocycles. The molecule has 1 aliphatic rings. The van der Waals surface area contributed by atoms with Crippen LogP contribution in [0, 0.1) is 11.8 Å². The van der Waals surface area contributed by atoms with Gasteiger partial charge in [-0.05, 0) is 61.2 Å². The summed E-state index contributed by atoms with van der Waals surface area (Å²) in [7, 11) is 0. The molecule has 0 fully saturated rings. The first-order chi connectivity index (χ1) is 15.6. The number of rotatable bonds is 6. The minimum atomic E-state index is -0.387. The maximum Gasteiger partial charge on any atom is 0.411 e. The van der Waals surface area contributed by atoms with Crippen LogP contribution in [0.5, 0.6) is 5.75 Å². The van der Waals surface area contributed by atoms with Gasteiger partial charge in [0.15, 0.2) is 6.61 Å². The van der Waals surface area contributed by atoms with Crippen LogP contribution in [-0.2, 0) is 11.2 Å². The molecular weight excluding hydrogens is 447 g/mol. The number of carbonyl (C=O) groups is 1. The van der Waals surface area contributed by atoms with Gasteiger partial charge in [0.1, 0.15) is 11.8 Å². The smallest absolute Gasteiger partial charge is 0.411 e. The number of amides is 1. The van der Waals surface area contributed by atoms with E-state index in [1.165, 1.54) is 5.56 Å². The highest BCUT2D eigenvalue weighted by Gasteiger charge is 2.35. The monoisotopic (exact) mass is 470 g/mol. The third kappa shape index (κ3) is 4.67. The zero-order valence-corrected chi connectivity index (χ0v) is 19.3. The van der Waals surface area contributed by atoms with Crippen molar-refractivity contribution in [1.82, 2.24) is 9.88 Å². The first kappa shape index (κ1) is 22.4. The van der Waals surface area contributed by atoms with Crippen molar-refractivity contribution in [2.45, 2.75) is 25.8 Å². The Balaban J connectivity index is 1.70. The van der Waals surface area contributed by atoms with Gasteiger partial charge in [0.25, 0.3) is 0 Å². The molecule has 2 aromatic carbocycles. The SMILES string of the molecule is CC#CCOC(=O)N1CCc2c([nH]c3ccc(Cl)cc23)[C@@H]1c1ccc(OCCCCl)cc1. The van der Waals surface area contributed by atoms with Crippen LogP contribution < -0.4 is 4.74 Å². The number of hydrogen-bond acceptors (Lipinski definition) is 3. The van der Waals surface area contributed by atoms with E-state index in [-0.39, 0.29) is 18.7 Å². The van der Waals surface area contributed by atoms with Crippen molar-refractivity contribution in [3.8, 4) is 17.6 Å². The molecule has 5 nitrogen and oxygen atoms in total. The highest BCUT2D eigenvalue weighted by atomic mass is 35.5. The van der Waals surface area contributed by atoms with Crippen molar-refractivity contribution in [3.05, 3.63) is 64.3 Å². The first-order valence-electron chi connectivity index (χ1n) is 10.5. The minimum absolute atomic E-state index is 0.0705. The standard InChI is InChI=1S/C25H24Cl2N2O3/c1-2-3-14-32-25(30)29-13-11-20-21-16-18(27)7-10-22(21)28-23(20)24(29)17-5-8-19(9-6-17)31-15-4-12-26/h5-10,16,24,28H,4,11-15H2,1H3/t24-/m0/s1. The van der Waals surface area contributed by atoms with Crippen molar-refractivity contribution in [1.29, 1.82) is 0 Å². The maximum atomic E-state index is 12.9. The van der Waals surface area contributed by atoms with Crippen LogP contribution in [0.1, 0.15) is 36.2 Å². The van der Waals surface area contributed by atoms with Gasteiger partial charge < -0.3 is 14.5 Å². The summed E-state index contributed by atoms with van der Waals surface area (Å²) in [6.45, 7) is 2.89. The van der Waals surface area contributed by atoms with Crippen LogP contribution in [0.4, 0.5) is 4.79 Å². The summed E-state index contributed by atoms with van der Waals surface area (Å²) in [5.41, 5.74) is 4.11. The van der Waals surface area contributed by atoms with Crippen LogP contribution in [0.3, 0.4) is 0 Å². The fourth-order valence-electron chi connectivity index (χ4n) is 4.05. The highest BCUT2D eigenvalue weighted by molar-refractivity contribution is 6.31. The zero-order chi connectivity index (χ0) is 22.5. The van der Waals surface area contributed by atoms with E-state index in [4.69, 9.17) is 32.7 Å². The number of benzene rings is 2. The highest BCUT2D eigenvalue weighted by Crippen LogP contribution is 2.39. The van der Waals surface area contributed by atoms with E-state index in [0.29, 0.717) is 30.5 Å². The minimum Gasteiger partial charge on any atom is -0.494 e.